The van der Waals surface area contributed by atoms with Gasteiger partial charge in [0.15, 0.2) is 24.9 Å². The number of nitrogens with one attached hydrogen (secondary N) is 4. The minimum atomic E-state index is -5.77. The summed E-state index contributed by atoms with van der Waals surface area (Å²) in [5.41, 5.74) is -7.36. The average molecular weight is 1900 g/mol. The Hall–Kier alpha value is -6.29. The van der Waals surface area contributed by atoms with E-state index >= 15 is 0 Å². The van der Waals surface area contributed by atoms with Crippen molar-refractivity contribution in [3.8, 4) is 0 Å². The number of rotatable bonds is 30. The highest BCUT2D eigenvalue weighted by molar-refractivity contribution is 8.05. The molecule has 58 nitrogen and oxygen atoms in total. The number of hydrogen-bond acceptors (Lipinski definition) is 44. The maximum absolute atomic E-state index is 12.4. The molecule has 5 saturated heterocycles. The van der Waals surface area contributed by atoms with Crippen molar-refractivity contribution in [1.29, 1.82) is 0 Å². The van der Waals surface area contributed by atoms with E-state index in [1.165, 1.54) is 21.3 Å². The summed E-state index contributed by atoms with van der Waals surface area (Å²) in [6.45, 7) is -2.85. The molecular formula is C52H75Cl2N8O50P7. The molecule has 8 unspecified atom stereocenters. The van der Waals surface area contributed by atoms with E-state index in [9.17, 15) is 130 Å². The number of phosphoric acid groups is 6. The van der Waals surface area contributed by atoms with Crippen LogP contribution in [0.15, 0.2) is 63.1 Å². The fourth-order valence-electron chi connectivity index (χ4n) is 10.9. The summed E-state index contributed by atoms with van der Waals surface area (Å²) in [4.78, 5) is 205. The Morgan fingerprint density at radius 2 is 0.697 bits per heavy atom. The number of phosphoric ester groups is 1. The fourth-order valence-corrected chi connectivity index (χ4v) is 19.5. The van der Waals surface area contributed by atoms with Gasteiger partial charge in [-0.05, 0) is 22.5 Å². The molecule has 119 heavy (non-hydrogen) atoms. The SMILES string of the molecule is COC(=O)Cc1cn([C@@H]2O[C@H](CO)C(O)[C@@H]2OC)c(=O)[nH]c1=O.COC(=O)Cc1cn([C@@H]2O[C@H](COP(=O)(Cl)Cl)C(O)[C@@H]2OC)c(=O)[nH]c1=O.COC(=O)Cc1cn([C@@H]2O[C@H](COP(=O)(O)OP(=O)(O)OP(=O)(O)O)C(O)[C@@H]2OC)c(=O)[nH]c1=O.COC(=O)Cc1cn([C@@H]2O[C@H](COP3(=O)OP(=O)(O)OP(=O)(O)O3)C(O)[C@@H]2OC)c(=O)[nH]c1=O. The lowest BCUT2D eigenvalue weighted by Gasteiger charge is -2.27. The minimum Gasteiger partial charge on any atom is -0.469 e. The molecular weight excluding hydrogens is 1820 g/mol. The lowest BCUT2D eigenvalue weighted by atomic mass is 10.1. The predicted molar refractivity (Wildman–Crippen MR) is 380 cm³/mol. The molecule has 5 fully saturated rings. The molecule has 0 spiro atoms. The van der Waals surface area contributed by atoms with Gasteiger partial charge in [0.1, 0.15) is 73.2 Å². The Balaban J connectivity index is 0.000000249. The first-order valence-electron chi connectivity index (χ1n) is 32.3. The first kappa shape index (κ1) is 102. The molecule has 672 valence electrons. The van der Waals surface area contributed by atoms with Crippen LogP contribution in [-0.2, 0) is 169 Å². The number of aromatic nitrogens is 8. The summed E-state index contributed by atoms with van der Waals surface area (Å²) >= 11 is 10.6. The number of methoxy groups -OCH3 is 8. The van der Waals surface area contributed by atoms with Crippen LogP contribution in [0.25, 0.3) is 0 Å². The summed E-state index contributed by atoms with van der Waals surface area (Å²) < 4.78 is 177. The third kappa shape index (κ3) is 27.9. The zero-order valence-corrected chi connectivity index (χ0v) is 69.5. The number of aromatic amines is 4. The standard InChI is InChI=1S/C13H17Cl2N2O9P.C13H21N2O17P3.C13H19N2O16P3.C13H18N2O8/c1-23-8(18)3-6-4-17(13(21)16-11(6)20)12-10(24-2)9(19)7(26-12)5-25-27(14,15)22;1-27-8(16)3-6-4-15(13(19)14-11(6)18)12-10(28-2)9(17)7(30-12)5-29-34(23,24)32-35(25,26)31-33(20,21)22;1-25-8(16)3-6-4-15(13(19)14-11(6)18)12-10(26-2)9(17)7(28-12)5-27-34(24)30-32(20,21)29-33(22,23)31-34;1-21-8(17)3-6-4-15(13(20)14-11(6)19)12-10(22-2)9(18)7(5-16)23-12/h4,7,9-10,12,19H,3,5H2,1-2H3,(H,16,20,21);4,7,9-10,12,17H,3,5H2,1-2H3,(H,23,24)(H,25,26)(H,14,18,19)(H2,20,21,22);4,7,9-10,12,17H,3,5H2,1-2H3,(H,20,21)(H,22,23)(H,14,18,19);4,7,9-10,12,16,18H,3,5H2,1-2H3,(H,14,19,20)/t4*7-,9?,10+,12-/m1111/s1. The molecule has 0 radical (unpaired) electrons. The molecule has 0 saturated carbocycles. The third-order valence-electron chi connectivity index (χ3n) is 16.2. The number of hydrogen-bond donors (Lipinski definition) is 15. The van der Waals surface area contributed by atoms with Gasteiger partial charge in [0.25, 0.3) is 22.2 Å². The maximum atomic E-state index is 12.4. The van der Waals surface area contributed by atoms with Crippen LogP contribution in [0, 0.1) is 0 Å². The molecule has 20 atom stereocenters. The normalized spacial score (nSPS) is 29.6. The van der Waals surface area contributed by atoms with Crippen LogP contribution in [-0.4, -0.2) is 274 Å². The number of aliphatic hydroxyl groups is 5. The van der Waals surface area contributed by atoms with Crippen molar-refractivity contribution in [2.75, 3.05) is 83.3 Å². The Kier molecular flexibility index (Phi) is 36.2. The van der Waals surface area contributed by atoms with Crippen LogP contribution < -0.4 is 45.0 Å². The first-order valence-corrected chi connectivity index (χ1v) is 44.7. The van der Waals surface area contributed by atoms with Gasteiger partial charge >= 0.3 is 99.6 Å². The third-order valence-corrected chi connectivity index (χ3v) is 26.5. The Bertz CT molecular complexity index is 5150. The summed E-state index contributed by atoms with van der Waals surface area (Å²) in [5.74, 6) is -2.91. The van der Waals surface area contributed by atoms with E-state index in [1.54, 1.807) is 0 Å². The fraction of sp³-hybridized carbons (Fsp3) is 0.615. The topological polar surface area (TPSA) is 814 Å². The number of carbonyl (C=O) groups is 4. The number of ether oxygens (including phenoxy) is 12. The van der Waals surface area contributed by atoms with E-state index in [1.807, 2.05) is 9.97 Å². The molecule has 5 aliphatic heterocycles. The highest BCUT2D eigenvalue weighted by Crippen LogP contribution is 2.80. The lowest BCUT2D eigenvalue weighted by molar-refractivity contribution is -0.140. The molecule has 4 aromatic heterocycles. The van der Waals surface area contributed by atoms with Crippen molar-refractivity contribution in [1.82, 2.24) is 38.2 Å². The van der Waals surface area contributed by atoms with Gasteiger partial charge in [-0.15, -0.1) is 0 Å². The number of halogens is 2. The van der Waals surface area contributed by atoms with Crippen molar-refractivity contribution < 1.29 is 198 Å². The van der Waals surface area contributed by atoms with E-state index in [0.717, 1.165) is 78.6 Å². The van der Waals surface area contributed by atoms with E-state index in [2.05, 4.69) is 55.0 Å². The van der Waals surface area contributed by atoms with Crippen LogP contribution in [0.3, 0.4) is 0 Å². The van der Waals surface area contributed by atoms with Crippen LogP contribution in [0.2, 0.25) is 0 Å². The number of H-pyrrole nitrogens is 4. The van der Waals surface area contributed by atoms with Gasteiger partial charge in [-0.3, -0.25) is 90.2 Å². The molecule has 9 heterocycles. The average Bonchev–Trinajstić information content (AvgIpc) is 1.48. The number of nitrogens with zero attached hydrogens (tertiary/aromatic N) is 4. The molecule has 0 amide bonds. The monoisotopic (exact) mass is 1900 g/mol. The summed E-state index contributed by atoms with van der Waals surface area (Å²) in [6.07, 6.45) is -21.8. The molecule has 67 heteroatoms. The summed E-state index contributed by atoms with van der Waals surface area (Å²) in [7, 11) is -23.3. The van der Waals surface area contributed by atoms with Gasteiger partial charge < -0.3 is 116 Å². The highest BCUT2D eigenvalue weighted by atomic mass is 35.9. The summed E-state index contributed by atoms with van der Waals surface area (Å²) in [6, 6.07) is 0. The van der Waals surface area contributed by atoms with Crippen molar-refractivity contribution in [2.24, 2.45) is 0 Å². The number of esters is 4. The number of carbonyl (C=O) groups excluding carboxylic acids is 4. The van der Waals surface area contributed by atoms with Crippen LogP contribution in [0.4, 0.5) is 0 Å². The van der Waals surface area contributed by atoms with E-state index in [0.29, 0.717) is 0 Å². The van der Waals surface area contributed by atoms with Gasteiger partial charge in [-0.2, -0.15) is 21.6 Å². The van der Waals surface area contributed by atoms with Crippen LogP contribution in [0.5, 0.6) is 0 Å². The quantitative estimate of drug-likeness (QED) is 0.0131. The Morgan fingerprint density at radius 1 is 0.429 bits per heavy atom. The van der Waals surface area contributed by atoms with Gasteiger partial charge in [0.2, 0.25) is 0 Å². The van der Waals surface area contributed by atoms with Gasteiger partial charge in [-0.1, -0.05) is 0 Å². The van der Waals surface area contributed by atoms with Crippen LogP contribution in [0.1, 0.15) is 47.2 Å². The molecule has 0 aromatic carbocycles. The smallest absolute Gasteiger partial charge is 0.469 e. The largest absolute Gasteiger partial charge is 0.492 e. The van der Waals surface area contributed by atoms with Crippen molar-refractivity contribution in [2.45, 2.75) is 124 Å². The first-order chi connectivity index (χ1) is 55.2. The minimum absolute atomic E-state index is 0.00292. The molecule has 0 aliphatic carbocycles. The molecule has 9 rings (SSSR count). The van der Waals surface area contributed by atoms with Gasteiger partial charge in [0.05, 0.1) is 80.6 Å². The second kappa shape index (κ2) is 42.4. The molecule has 0 bridgehead atoms. The molecule has 4 aromatic rings. The van der Waals surface area contributed by atoms with Gasteiger partial charge in [-0.25, -0.2) is 46.6 Å². The van der Waals surface area contributed by atoms with Crippen LogP contribution >= 0.6 is 75.5 Å². The maximum Gasteiger partial charge on any atom is 0.492 e. The van der Waals surface area contributed by atoms with Crippen molar-refractivity contribution in [3.05, 3.63) is 130 Å². The van der Waals surface area contributed by atoms with E-state index in [4.69, 9.17) is 84.1 Å². The van der Waals surface area contributed by atoms with E-state index in [-0.39, 0.29) is 35.1 Å². The van der Waals surface area contributed by atoms with Crippen molar-refractivity contribution in [3.63, 3.8) is 0 Å². The second-order valence-electron chi connectivity index (χ2n) is 24.0. The Morgan fingerprint density at radius 3 is 0.958 bits per heavy atom. The highest BCUT2D eigenvalue weighted by Gasteiger charge is 2.56. The Labute approximate surface area is 670 Å². The van der Waals surface area contributed by atoms with E-state index < -0.39 is 259 Å². The zero-order valence-electron chi connectivity index (χ0n) is 61.7. The zero-order chi connectivity index (χ0) is 89.7. The van der Waals surface area contributed by atoms with Crippen molar-refractivity contribution >= 4 is 99.4 Å². The summed E-state index contributed by atoms with van der Waals surface area (Å²) in [5, 5.41) is 50.4. The second-order valence-corrected chi connectivity index (χ2v) is 37.7. The van der Waals surface area contributed by atoms with Gasteiger partial charge in [0, 0.05) is 75.5 Å². The predicted octanol–water partition coefficient (Wildman–Crippen LogP) is -5.57. The molecule has 15 N–H and O–H groups in total. The lowest BCUT2D eigenvalue weighted by Crippen LogP contribution is -2.40. The molecule has 5 aliphatic rings. The number of aliphatic hydroxyl groups excluding tert-OH is 5.